The molecule has 6 nitrogen and oxygen atoms in total. The molecule has 0 unspecified atom stereocenters. The van der Waals surface area contributed by atoms with E-state index >= 15 is 0 Å². The van der Waals surface area contributed by atoms with Crippen molar-refractivity contribution < 1.29 is 9.53 Å². The molecule has 0 aliphatic carbocycles. The van der Waals surface area contributed by atoms with Crippen molar-refractivity contribution in [2.75, 3.05) is 24.8 Å². The minimum Gasteiger partial charge on any atom is -0.398 e. The first-order valence-electron chi connectivity index (χ1n) is 6.70. The summed E-state index contributed by atoms with van der Waals surface area (Å²) < 4.78 is 6.70. The molecule has 2 aromatic rings. The van der Waals surface area contributed by atoms with Gasteiger partial charge in [0.1, 0.15) is 0 Å². The number of methoxy groups -OCH3 is 1. The zero-order valence-electron chi connectivity index (χ0n) is 12.5. The lowest BCUT2D eigenvalue weighted by Crippen LogP contribution is -2.14. The number of hydrogen-bond acceptors (Lipinski definition) is 4. The Morgan fingerprint density at radius 3 is 2.86 bits per heavy atom. The fraction of sp³-hybridized carbons (Fsp3) is 0.333. The Kier molecular flexibility index (Phi) is 4.59. The quantitative estimate of drug-likeness (QED) is 0.824. The number of nitrogens with two attached hydrogens (primary N) is 1. The number of nitrogen functional groups attached to an aromatic ring is 1. The smallest absolute Gasteiger partial charge is 0.256 e. The van der Waals surface area contributed by atoms with Gasteiger partial charge in [0.05, 0.1) is 25.0 Å². The van der Waals surface area contributed by atoms with Gasteiger partial charge in [0, 0.05) is 24.6 Å². The van der Waals surface area contributed by atoms with Crippen LogP contribution in [0.2, 0.25) is 0 Å². The van der Waals surface area contributed by atoms with Crippen LogP contribution in [0.5, 0.6) is 0 Å². The molecular weight excluding hydrogens is 268 g/mol. The summed E-state index contributed by atoms with van der Waals surface area (Å²) in [5.41, 5.74) is 9.57. The standard InChI is InChI=1S/C15H20N4O2/c1-10-6-11(2)14(16)7-13(10)15(20)18-12-8-17-19(9-12)4-5-21-3/h6-9H,4-5,16H2,1-3H3,(H,18,20). The summed E-state index contributed by atoms with van der Waals surface area (Å²) in [4.78, 5) is 12.3. The first-order chi connectivity index (χ1) is 10.0. The van der Waals surface area contributed by atoms with Crippen molar-refractivity contribution in [2.24, 2.45) is 0 Å². The van der Waals surface area contributed by atoms with Crippen molar-refractivity contribution in [1.29, 1.82) is 0 Å². The summed E-state index contributed by atoms with van der Waals surface area (Å²) in [7, 11) is 1.64. The van der Waals surface area contributed by atoms with Crippen LogP contribution in [-0.4, -0.2) is 29.4 Å². The van der Waals surface area contributed by atoms with Crippen LogP contribution in [0, 0.1) is 13.8 Å². The molecule has 0 atom stereocenters. The van der Waals surface area contributed by atoms with E-state index < -0.39 is 0 Å². The third kappa shape index (κ3) is 3.61. The third-order valence-corrected chi connectivity index (χ3v) is 3.27. The normalized spacial score (nSPS) is 10.6. The molecule has 0 spiro atoms. The Labute approximate surface area is 123 Å². The van der Waals surface area contributed by atoms with Gasteiger partial charge >= 0.3 is 0 Å². The van der Waals surface area contributed by atoms with Crippen LogP contribution in [0.25, 0.3) is 0 Å². The largest absolute Gasteiger partial charge is 0.398 e. The molecule has 21 heavy (non-hydrogen) atoms. The number of amides is 1. The number of carbonyl (C=O) groups excluding carboxylic acids is 1. The first-order valence-corrected chi connectivity index (χ1v) is 6.70. The molecule has 0 fully saturated rings. The van der Waals surface area contributed by atoms with E-state index in [2.05, 4.69) is 10.4 Å². The summed E-state index contributed by atoms with van der Waals surface area (Å²) >= 11 is 0. The van der Waals surface area contributed by atoms with Gasteiger partial charge in [-0.1, -0.05) is 6.07 Å². The molecular formula is C15H20N4O2. The Morgan fingerprint density at radius 1 is 1.38 bits per heavy atom. The number of ether oxygens (including phenoxy) is 1. The van der Waals surface area contributed by atoms with E-state index in [9.17, 15) is 4.79 Å². The predicted molar refractivity (Wildman–Crippen MR) is 82.4 cm³/mol. The lowest BCUT2D eigenvalue weighted by molar-refractivity contribution is 0.102. The highest BCUT2D eigenvalue weighted by Crippen LogP contribution is 2.19. The topological polar surface area (TPSA) is 82.2 Å². The highest BCUT2D eigenvalue weighted by Gasteiger charge is 2.12. The number of benzene rings is 1. The van der Waals surface area contributed by atoms with E-state index in [0.29, 0.717) is 30.1 Å². The maximum absolute atomic E-state index is 12.3. The van der Waals surface area contributed by atoms with Gasteiger partial charge in [0.2, 0.25) is 0 Å². The molecule has 0 saturated heterocycles. The summed E-state index contributed by atoms with van der Waals surface area (Å²) in [6.07, 6.45) is 3.38. The molecule has 1 aromatic heterocycles. The van der Waals surface area contributed by atoms with E-state index in [0.717, 1.165) is 11.1 Å². The average Bonchev–Trinajstić information content (AvgIpc) is 2.88. The number of aryl methyl sites for hydroxylation is 2. The van der Waals surface area contributed by atoms with Gasteiger partial charge in [0.15, 0.2) is 0 Å². The number of aromatic nitrogens is 2. The van der Waals surface area contributed by atoms with Crippen LogP contribution in [-0.2, 0) is 11.3 Å². The number of rotatable bonds is 5. The number of anilines is 2. The molecule has 0 saturated carbocycles. The second-order valence-corrected chi connectivity index (χ2v) is 4.96. The number of nitrogens with zero attached hydrogens (tertiary/aromatic N) is 2. The Morgan fingerprint density at radius 2 is 2.14 bits per heavy atom. The second-order valence-electron chi connectivity index (χ2n) is 4.96. The van der Waals surface area contributed by atoms with E-state index in [-0.39, 0.29) is 5.91 Å². The van der Waals surface area contributed by atoms with Crippen LogP contribution < -0.4 is 11.1 Å². The molecule has 0 aliphatic heterocycles. The monoisotopic (exact) mass is 288 g/mol. The zero-order chi connectivity index (χ0) is 15.4. The summed E-state index contributed by atoms with van der Waals surface area (Å²) in [6, 6.07) is 3.61. The zero-order valence-corrected chi connectivity index (χ0v) is 12.5. The third-order valence-electron chi connectivity index (χ3n) is 3.27. The van der Waals surface area contributed by atoms with Crippen LogP contribution in [0.4, 0.5) is 11.4 Å². The fourth-order valence-electron chi connectivity index (χ4n) is 2.05. The van der Waals surface area contributed by atoms with Gasteiger partial charge in [0.25, 0.3) is 5.91 Å². The highest BCUT2D eigenvalue weighted by atomic mass is 16.5. The first kappa shape index (κ1) is 15.1. The van der Waals surface area contributed by atoms with Crippen molar-refractivity contribution in [3.63, 3.8) is 0 Å². The van der Waals surface area contributed by atoms with Gasteiger partial charge < -0.3 is 15.8 Å². The molecule has 3 N–H and O–H groups in total. The predicted octanol–water partition coefficient (Wildman–Crippen LogP) is 1.98. The van der Waals surface area contributed by atoms with Crippen molar-refractivity contribution in [1.82, 2.24) is 9.78 Å². The molecule has 2 rings (SSSR count). The summed E-state index contributed by atoms with van der Waals surface area (Å²) in [5, 5.41) is 6.98. The number of carbonyl (C=O) groups is 1. The SMILES string of the molecule is COCCn1cc(NC(=O)c2cc(N)c(C)cc2C)cn1. The van der Waals surface area contributed by atoms with E-state index in [4.69, 9.17) is 10.5 Å². The van der Waals surface area contributed by atoms with Crippen molar-refractivity contribution in [3.05, 3.63) is 41.2 Å². The lowest BCUT2D eigenvalue weighted by Gasteiger charge is -2.09. The second kappa shape index (κ2) is 6.41. The minimum absolute atomic E-state index is 0.189. The van der Waals surface area contributed by atoms with Crippen LogP contribution in [0.3, 0.4) is 0 Å². The van der Waals surface area contributed by atoms with Crippen molar-refractivity contribution >= 4 is 17.3 Å². The van der Waals surface area contributed by atoms with Crippen LogP contribution in [0.15, 0.2) is 24.5 Å². The Bertz CT molecular complexity index is 649. The highest BCUT2D eigenvalue weighted by molar-refractivity contribution is 6.05. The molecule has 0 bridgehead atoms. The van der Waals surface area contributed by atoms with Crippen LogP contribution in [0.1, 0.15) is 21.5 Å². The van der Waals surface area contributed by atoms with Gasteiger partial charge in [-0.05, 0) is 31.0 Å². The van der Waals surface area contributed by atoms with Gasteiger partial charge in [-0.2, -0.15) is 5.10 Å². The lowest BCUT2D eigenvalue weighted by atomic mass is 10.0. The number of nitrogens with one attached hydrogen (secondary N) is 1. The van der Waals surface area contributed by atoms with Gasteiger partial charge in [-0.15, -0.1) is 0 Å². The molecule has 0 aliphatic rings. The molecule has 1 aromatic carbocycles. The van der Waals surface area contributed by atoms with E-state index in [1.54, 1.807) is 30.3 Å². The molecule has 1 heterocycles. The molecule has 112 valence electrons. The molecule has 6 heteroatoms. The van der Waals surface area contributed by atoms with Gasteiger partial charge in [-0.3, -0.25) is 9.48 Å². The van der Waals surface area contributed by atoms with Gasteiger partial charge in [-0.25, -0.2) is 0 Å². The Hall–Kier alpha value is -2.34. The maximum Gasteiger partial charge on any atom is 0.256 e. The summed E-state index contributed by atoms with van der Waals surface area (Å²) in [6.45, 7) is 5.03. The maximum atomic E-state index is 12.3. The van der Waals surface area contributed by atoms with Crippen molar-refractivity contribution in [3.8, 4) is 0 Å². The average molecular weight is 288 g/mol. The van der Waals surface area contributed by atoms with E-state index in [1.807, 2.05) is 19.9 Å². The van der Waals surface area contributed by atoms with Crippen molar-refractivity contribution in [2.45, 2.75) is 20.4 Å². The van der Waals surface area contributed by atoms with Crippen LogP contribution >= 0.6 is 0 Å². The van der Waals surface area contributed by atoms with E-state index in [1.165, 1.54) is 0 Å². The number of hydrogen-bond donors (Lipinski definition) is 2. The summed E-state index contributed by atoms with van der Waals surface area (Å²) in [5.74, 6) is -0.189. The minimum atomic E-state index is -0.189. The molecule has 1 amide bonds. The molecule has 0 radical (unpaired) electrons. The Balaban J connectivity index is 2.11. The fourth-order valence-corrected chi connectivity index (χ4v) is 2.05.